The Morgan fingerprint density at radius 3 is 2.72 bits per heavy atom. The summed E-state index contributed by atoms with van der Waals surface area (Å²) >= 11 is 1.57. The summed E-state index contributed by atoms with van der Waals surface area (Å²) in [6.07, 6.45) is 2.38. The van der Waals surface area contributed by atoms with Crippen molar-refractivity contribution in [3.63, 3.8) is 0 Å². The van der Waals surface area contributed by atoms with Crippen molar-refractivity contribution in [3.05, 3.63) is 48.0 Å². The van der Waals surface area contributed by atoms with Crippen LogP contribution < -0.4 is 0 Å². The van der Waals surface area contributed by atoms with E-state index in [1.165, 1.54) is 10.8 Å². The van der Waals surface area contributed by atoms with E-state index in [2.05, 4.69) is 24.3 Å². The number of thioether (sulfide) groups is 1. The molecule has 0 unspecified atom stereocenters. The van der Waals surface area contributed by atoms with Gasteiger partial charge in [-0.25, -0.2) is 0 Å². The Morgan fingerprint density at radius 1 is 1.08 bits per heavy atom. The lowest BCUT2D eigenvalue weighted by Gasteiger charge is -2.19. The van der Waals surface area contributed by atoms with Crippen molar-refractivity contribution in [3.8, 4) is 0 Å². The number of amides is 1. The van der Waals surface area contributed by atoms with Crippen LogP contribution in [0.5, 0.6) is 0 Å². The lowest BCUT2D eigenvalue weighted by Crippen LogP contribution is -2.37. The molecule has 1 fully saturated rings. The maximum absolute atomic E-state index is 12.2. The van der Waals surface area contributed by atoms with Crippen molar-refractivity contribution in [1.29, 1.82) is 0 Å². The first kappa shape index (κ1) is 17.7. The molecular weight excluding hydrogens is 334 g/mol. The number of aldehydes is 1. The number of ketones is 1. The molecule has 4 nitrogen and oxygen atoms in total. The van der Waals surface area contributed by atoms with Gasteiger partial charge in [0.25, 0.3) is 0 Å². The van der Waals surface area contributed by atoms with E-state index in [0.717, 1.165) is 11.8 Å². The first-order chi connectivity index (χ1) is 12.2. The van der Waals surface area contributed by atoms with Crippen molar-refractivity contribution in [2.75, 3.05) is 11.6 Å². The van der Waals surface area contributed by atoms with Gasteiger partial charge in [0, 0.05) is 25.0 Å². The molecule has 0 radical (unpaired) electrons. The lowest BCUT2D eigenvalue weighted by atomic mass is 9.99. The van der Waals surface area contributed by atoms with Crippen molar-refractivity contribution < 1.29 is 14.4 Å². The summed E-state index contributed by atoms with van der Waals surface area (Å²) in [5.41, 5.74) is 1.16. The minimum Gasteiger partial charge on any atom is -0.323 e. The van der Waals surface area contributed by atoms with E-state index >= 15 is 0 Å². The number of aryl methyl sites for hydroxylation is 1. The number of Topliss-reactive ketones (excluding diaryl/α,β-unsaturated/α-hetero) is 1. The summed E-state index contributed by atoms with van der Waals surface area (Å²) in [7, 11) is 0. The predicted octanol–water partition coefficient (Wildman–Crippen LogP) is 3.22. The van der Waals surface area contributed by atoms with Crippen LogP contribution in [-0.4, -0.2) is 40.5 Å². The molecule has 1 atom stereocenters. The summed E-state index contributed by atoms with van der Waals surface area (Å²) < 4.78 is 0. The fourth-order valence-electron chi connectivity index (χ4n) is 3.13. The third kappa shape index (κ3) is 4.28. The number of fused-ring (bicyclic) bond motifs is 1. The van der Waals surface area contributed by atoms with Gasteiger partial charge in [0.15, 0.2) is 0 Å². The normalized spacial score (nSPS) is 17.0. The van der Waals surface area contributed by atoms with Crippen LogP contribution in [0.15, 0.2) is 42.5 Å². The fourth-order valence-corrected chi connectivity index (χ4v) is 4.26. The summed E-state index contributed by atoms with van der Waals surface area (Å²) in [5, 5.41) is 2.35. The number of benzene rings is 2. The van der Waals surface area contributed by atoms with Gasteiger partial charge in [0.2, 0.25) is 5.91 Å². The quantitative estimate of drug-likeness (QED) is 0.716. The average Bonchev–Trinajstić information content (AvgIpc) is 3.13. The lowest BCUT2D eigenvalue weighted by molar-refractivity contribution is -0.135. The zero-order chi connectivity index (χ0) is 17.6. The third-order valence-electron chi connectivity index (χ3n) is 4.57. The number of rotatable bonds is 7. The Hall–Kier alpha value is -2.14. The largest absolute Gasteiger partial charge is 0.323 e. The van der Waals surface area contributed by atoms with E-state index in [1.54, 1.807) is 16.7 Å². The van der Waals surface area contributed by atoms with Crippen molar-refractivity contribution in [1.82, 2.24) is 4.90 Å². The van der Waals surface area contributed by atoms with Gasteiger partial charge in [-0.1, -0.05) is 42.5 Å². The van der Waals surface area contributed by atoms with E-state index in [9.17, 15) is 14.4 Å². The first-order valence-corrected chi connectivity index (χ1v) is 9.65. The predicted molar refractivity (Wildman–Crippen MR) is 101 cm³/mol. The molecule has 1 heterocycles. The number of hydrogen-bond donors (Lipinski definition) is 0. The van der Waals surface area contributed by atoms with Crippen LogP contribution in [0.25, 0.3) is 10.8 Å². The van der Waals surface area contributed by atoms with Crippen LogP contribution in [0.2, 0.25) is 0 Å². The van der Waals surface area contributed by atoms with Gasteiger partial charge in [0.1, 0.15) is 12.1 Å². The molecule has 2 aromatic carbocycles. The molecule has 0 aliphatic carbocycles. The van der Waals surface area contributed by atoms with E-state index in [1.807, 2.05) is 18.2 Å². The molecule has 2 aromatic rings. The molecule has 1 aliphatic rings. The molecule has 25 heavy (non-hydrogen) atoms. The van der Waals surface area contributed by atoms with Gasteiger partial charge in [-0.05, 0) is 22.8 Å². The number of carbonyl (C=O) groups is 3. The number of nitrogens with zero attached hydrogens (tertiary/aromatic N) is 1. The average molecular weight is 355 g/mol. The third-order valence-corrected chi connectivity index (χ3v) is 5.61. The Morgan fingerprint density at radius 2 is 1.88 bits per heavy atom. The molecule has 130 valence electrons. The second-order valence-corrected chi connectivity index (χ2v) is 7.24. The second-order valence-electron chi connectivity index (χ2n) is 6.24. The van der Waals surface area contributed by atoms with Crippen LogP contribution in [0.1, 0.15) is 24.8 Å². The van der Waals surface area contributed by atoms with E-state index < -0.39 is 0 Å². The minimum absolute atomic E-state index is 0.0933. The number of carbonyl (C=O) groups excluding carboxylic acids is 3. The molecule has 0 N–H and O–H groups in total. The maximum atomic E-state index is 12.2. The number of hydrogen-bond acceptors (Lipinski definition) is 4. The molecule has 1 amide bonds. The molecule has 1 aliphatic heterocycles. The molecule has 5 heteroatoms. The Labute approximate surface area is 151 Å². The molecule has 0 bridgehead atoms. The zero-order valence-electron chi connectivity index (χ0n) is 14.0. The molecule has 0 saturated carbocycles. The summed E-state index contributed by atoms with van der Waals surface area (Å²) in [5.74, 6) is 1.20. The standard InChI is InChI=1S/C20H21NO3S/c22-12-17-13-25-14-21(17)20(24)11-10-18(23)9-8-16-6-3-5-15-4-1-2-7-19(15)16/h1-7,12,17H,8-11,13-14H2/t17-/m1/s1. The van der Waals surface area contributed by atoms with Gasteiger partial charge in [-0.15, -0.1) is 11.8 Å². The topological polar surface area (TPSA) is 54.5 Å². The molecule has 0 aromatic heterocycles. The molecule has 3 rings (SSSR count). The van der Waals surface area contributed by atoms with Crippen LogP contribution in [0.4, 0.5) is 0 Å². The van der Waals surface area contributed by atoms with Crippen molar-refractivity contribution >= 4 is 40.5 Å². The highest BCUT2D eigenvalue weighted by molar-refractivity contribution is 7.99. The van der Waals surface area contributed by atoms with Crippen LogP contribution in [0.3, 0.4) is 0 Å². The van der Waals surface area contributed by atoms with Gasteiger partial charge in [-0.2, -0.15) is 0 Å². The van der Waals surface area contributed by atoms with Crippen molar-refractivity contribution in [2.45, 2.75) is 31.7 Å². The smallest absolute Gasteiger partial charge is 0.224 e. The highest BCUT2D eigenvalue weighted by Gasteiger charge is 2.28. The highest BCUT2D eigenvalue weighted by Crippen LogP contribution is 2.22. The molecular formula is C20H21NO3S. The monoisotopic (exact) mass is 355 g/mol. The van der Waals surface area contributed by atoms with Crippen molar-refractivity contribution in [2.24, 2.45) is 0 Å². The first-order valence-electron chi connectivity index (χ1n) is 8.50. The van der Waals surface area contributed by atoms with Gasteiger partial charge < -0.3 is 9.69 Å². The van der Waals surface area contributed by atoms with E-state index in [-0.39, 0.29) is 30.6 Å². The Kier molecular flexibility index (Phi) is 5.87. The van der Waals surface area contributed by atoms with Gasteiger partial charge in [0.05, 0.1) is 11.9 Å². The highest BCUT2D eigenvalue weighted by atomic mass is 32.2. The zero-order valence-corrected chi connectivity index (χ0v) is 14.8. The summed E-state index contributed by atoms with van der Waals surface area (Å²) in [4.78, 5) is 36.9. The van der Waals surface area contributed by atoms with Gasteiger partial charge in [-0.3, -0.25) is 9.59 Å². The fraction of sp³-hybridized carbons (Fsp3) is 0.350. The summed E-state index contributed by atoms with van der Waals surface area (Å²) in [6, 6.07) is 13.9. The van der Waals surface area contributed by atoms with Crippen LogP contribution in [-0.2, 0) is 20.8 Å². The van der Waals surface area contributed by atoms with Crippen LogP contribution in [0, 0.1) is 0 Å². The molecule has 1 saturated heterocycles. The van der Waals surface area contributed by atoms with Gasteiger partial charge >= 0.3 is 0 Å². The summed E-state index contributed by atoms with van der Waals surface area (Å²) in [6.45, 7) is 0. The molecule has 0 spiro atoms. The SMILES string of the molecule is O=C[C@@H]1CSCN1C(=O)CCC(=O)CCc1cccc2ccccc12. The minimum atomic E-state index is -0.330. The van der Waals surface area contributed by atoms with E-state index in [0.29, 0.717) is 24.5 Å². The maximum Gasteiger partial charge on any atom is 0.224 e. The van der Waals surface area contributed by atoms with E-state index in [4.69, 9.17) is 0 Å². The Balaban J connectivity index is 1.51. The Bertz CT molecular complexity index is 784. The second kappa shape index (κ2) is 8.30. The van der Waals surface area contributed by atoms with Crippen LogP contribution >= 0.6 is 11.8 Å².